The van der Waals surface area contributed by atoms with Crippen LogP contribution in [0.5, 0.6) is 0 Å². The number of carbonyl (C=O) groups is 1. The van der Waals surface area contributed by atoms with Crippen molar-refractivity contribution >= 4 is 28.2 Å². The highest BCUT2D eigenvalue weighted by Gasteiger charge is 2.25. The summed E-state index contributed by atoms with van der Waals surface area (Å²) in [5.74, 6) is -0.142. The molecule has 0 amide bonds. The van der Waals surface area contributed by atoms with Gasteiger partial charge in [0.2, 0.25) is 10.0 Å². The molecule has 1 N–H and O–H groups in total. The lowest BCUT2D eigenvalue weighted by atomic mass is 10.1. The highest BCUT2D eigenvalue weighted by Crippen LogP contribution is 2.18. The van der Waals surface area contributed by atoms with Gasteiger partial charge in [-0.05, 0) is 37.5 Å². The van der Waals surface area contributed by atoms with Crippen molar-refractivity contribution in [2.24, 2.45) is 0 Å². The van der Waals surface area contributed by atoms with Gasteiger partial charge in [0, 0.05) is 31.2 Å². The summed E-state index contributed by atoms with van der Waals surface area (Å²) in [6.07, 6.45) is 1.55. The Morgan fingerprint density at radius 3 is 2.37 bits per heavy atom. The lowest BCUT2D eigenvalue weighted by Gasteiger charge is -2.32. The number of nitrogens with zero attached hydrogens (tertiary/aromatic N) is 1. The van der Waals surface area contributed by atoms with Crippen molar-refractivity contribution in [2.45, 2.75) is 37.2 Å². The SMILES string of the molecule is CC(=O)c1cccc(S(=O)(=O)NC2CCN(Cc3ccccc3)CC2)c1.Cl. The maximum absolute atomic E-state index is 12.6. The second-order valence-corrected chi connectivity index (χ2v) is 8.46. The number of sulfonamides is 1. The molecular formula is C20H25ClN2O3S. The van der Waals surface area contributed by atoms with Crippen LogP contribution in [0.1, 0.15) is 35.7 Å². The fourth-order valence-corrected chi connectivity index (χ4v) is 4.57. The van der Waals surface area contributed by atoms with Crippen LogP contribution >= 0.6 is 12.4 Å². The van der Waals surface area contributed by atoms with Crippen LogP contribution in [-0.2, 0) is 16.6 Å². The number of rotatable bonds is 6. The lowest BCUT2D eigenvalue weighted by Crippen LogP contribution is -2.44. The summed E-state index contributed by atoms with van der Waals surface area (Å²) in [5, 5.41) is 0. The number of piperidine rings is 1. The Balaban J connectivity index is 0.00000261. The summed E-state index contributed by atoms with van der Waals surface area (Å²) in [4.78, 5) is 14.0. The molecule has 0 saturated carbocycles. The van der Waals surface area contributed by atoms with E-state index < -0.39 is 10.0 Å². The number of Topliss-reactive ketones (excluding diaryl/α,β-unsaturated/α-hetero) is 1. The van der Waals surface area contributed by atoms with Crippen molar-refractivity contribution in [3.05, 3.63) is 65.7 Å². The van der Waals surface area contributed by atoms with Crippen LogP contribution in [-0.4, -0.2) is 38.2 Å². The summed E-state index contributed by atoms with van der Waals surface area (Å²) in [6, 6.07) is 16.4. The lowest BCUT2D eigenvalue weighted by molar-refractivity contribution is 0.101. The molecule has 7 heteroatoms. The highest BCUT2D eigenvalue weighted by atomic mass is 35.5. The van der Waals surface area contributed by atoms with E-state index in [9.17, 15) is 13.2 Å². The van der Waals surface area contributed by atoms with Crippen molar-refractivity contribution in [1.29, 1.82) is 0 Å². The van der Waals surface area contributed by atoms with Gasteiger partial charge in [-0.2, -0.15) is 0 Å². The molecule has 2 aromatic rings. The molecule has 27 heavy (non-hydrogen) atoms. The minimum absolute atomic E-state index is 0. The number of ketones is 1. The molecule has 0 unspecified atom stereocenters. The number of hydrogen-bond donors (Lipinski definition) is 1. The summed E-state index contributed by atoms with van der Waals surface area (Å²) < 4.78 is 28.0. The van der Waals surface area contributed by atoms with Crippen molar-refractivity contribution < 1.29 is 13.2 Å². The Bertz CT molecular complexity index is 864. The van der Waals surface area contributed by atoms with Gasteiger partial charge >= 0.3 is 0 Å². The van der Waals surface area contributed by atoms with E-state index in [0.717, 1.165) is 32.5 Å². The molecule has 0 radical (unpaired) electrons. The Kier molecular flexibility index (Phi) is 7.56. The van der Waals surface area contributed by atoms with Crippen molar-refractivity contribution in [1.82, 2.24) is 9.62 Å². The summed E-state index contributed by atoms with van der Waals surface area (Å²) in [5.41, 5.74) is 1.68. The largest absolute Gasteiger partial charge is 0.299 e. The zero-order chi connectivity index (χ0) is 18.6. The highest BCUT2D eigenvalue weighted by molar-refractivity contribution is 7.89. The molecule has 2 aromatic carbocycles. The molecule has 1 aliphatic heterocycles. The van der Waals surface area contributed by atoms with Crippen LogP contribution in [0.25, 0.3) is 0 Å². The van der Waals surface area contributed by atoms with Crippen LogP contribution in [0.15, 0.2) is 59.5 Å². The molecule has 0 bridgehead atoms. The minimum Gasteiger partial charge on any atom is -0.299 e. The monoisotopic (exact) mass is 408 g/mol. The van der Waals surface area contributed by atoms with E-state index in [1.54, 1.807) is 12.1 Å². The first kappa shape index (κ1) is 21.6. The van der Waals surface area contributed by atoms with Crippen LogP contribution in [0, 0.1) is 0 Å². The average Bonchev–Trinajstić information content (AvgIpc) is 2.64. The van der Waals surface area contributed by atoms with E-state index in [1.807, 2.05) is 18.2 Å². The van der Waals surface area contributed by atoms with E-state index in [4.69, 9.17) is 0 Å². The first-order chi connectivity index (χ1) is 12.4. The number of hydrogen-bond acceptors (Lipinski definition) is 4. The summed E-state index contributed by atoms with van der Waals surface area (Å²) in [6.45, 7) is 4.04. The molecule has 1 fully saturated rings. The molecule has 1 aliphatic rings. The standard InChI is InChI=1S/C20H24N2O3S.ClH/c1-16(23)18-8-5-9-20(14-18)26(24,25)21-19-10-12-22(13-11-19)15-17-6-3-2-4-7-17;/h2-9,14,19,21H,10-13,15H2,1H3;1H. The van der Waals surface area contributed by atoms with E-state index >= 15 is 0 Å². The van der Waals surface area contributed by atoms with Crippen molar-refractivity contribution in [3.8, 4) is 0 Å². The van der Waals surface area contributed by atoms with Gasteiger partial charge < -0.3 is 0 Å². The molecule has 3 rings (SSSR count). The van der Waals surface area contributed by atoms with Crippen LogP contribution in [0.3, 0.4) is 0 Å². The summed E-state index contributed by atoms with van der Waals surface area (Å²) >= 11 is 0. The predicted octanol–water partition coefficient (Wildman–Crippen LogP) is 3.25. The maximum atomic E-state index is 12.6. The van der Waals surface area contributed by atoms with Crippen molar-refractivity contribution in [2.75, 3.05) is 13.1 Å². The van der Waals surface area contributed by atoms with E-state index in [2.05, 4.69) is 21.8 Å². The normalized spacial score (nSPS) is 15.9. The van der Waals surface area contributed by atoms with Gasteiger partial charge in [0.15, 0.2) is 5.78 Å². The number of halogens is 1. The molecule has 0 aliphatic carbocycles. The second kappa shape index (κ2) is 9.46. The molecule has 1 heterocycles. The van der Waals surface area contributed by atoms with Crippen LogP contribution in [0.2, 0.25) is 0 Å². The van der Waals surface area contributed by atoms with E-state index in [1.165, 1.54) is 24.6 Å². The topological polar surface area (TPSA) is 66.5 Å². The number of benzene rings is 2. The molecule has 0 aromatic heterocycles. The van der Waals surface area contributed by atoms with Crippen LogP contribution < -0.4 is 4.72 Å². The van der Waals surface area contributed by atoms with E-state index in [-0.39, 0.29) is 29.1 Å². The average molecular weight is 409 g/mol. The van der Waals surface area contributed by atoms with Gasteiger partial charge in [-0.15, -0.1) is 12.4 Å². The van der Waals surface area contributed by atoms with Gasteiger partial charge in [0.1, 0.15) is 0 Å². The van der Waals surface area contributed by atoms with Gasteiger partial charge in [-0.25, -0.2) is 13.1 Å². The Labute approximate surface area is 167 Å². The fraction of sp³-hybridized carbons (Fsp3) is 0.350. The third-order valence-electron chi connectivity index (χ3n) is 4.71. The maximum Gasteiger partial charge on any atom is 0.240 e. The quantitative estimate of drug-likeness (QED) is 0.745. The smallest absolute Gasteiger partial charge is 0.240 e. The number of carbonyl (C=O) groups excluding carboxylic acids is 1. The molecule has 146 valence electrons. The molecule has 0 atom stereocenters. The Morgan fingerprint density at radius 2 is 1.74 bits per heavy atom. The second-order valence-electron chi connectivity index (χ2n) is 6.74. The molecule has 1 saturated heterocycles. The zero-order valence-electron chi connectivity index (χ0n) is 15.3. The molecular weight excluding hydrogens is 384 g/mol. The minimum atomic E-state index is -3.61. The Morgan fingerprint density at radius 1 is 1.07 bits per heavy atom. The van der Waals surface area contributed by atoms with Gasteiger partial charge in [-0.1, -0.05) is 42.5 Å². The molecule has 0 spiro atoms. The first-order valence-corrected chi connectivity index (χ1v) is 10.3. The number of likely N-dealkylation sites (tertiary alicyclic amines) is 1. The van der Waals surface area contributed by atoms with Crippen molar-refractivity contribution in [3.63, 3.8) is 0 Å². The van der Waals surface area contributed by atoms with Gasteiger partial charge in [-0.3, -0.25) is 9.69 Å². The molecule has 5 nitrogen and oxygen atoms in total. The third kappa shape index (κ3) is 5.87. The Hall–Kier alpha value is -1.73. The predicted molar refractivity (Wildman–Crippen MR) is 109 cm³/mol. The summed E-state index contributed by atoms with van der Waals surface area (Å²) in [7, 11) is -3.61. The van der Waals surface area contributed by atoms with Gasteiger partial charge in [0.25, 0.3) is 0 Å². The third-order valence-corrected chi connectivity index (χ3v) is 6.23. The number of nitrogens with one attached hydrogen (secondary N) is 1. The fourth-order valence-electron chi connectivity index (χ4n) is 3.22. The zero-order valence-corrected chi connectivity index (χ0v) is 16.9. The van der Waals surface area contributed by atoms with Gasteiger partial charge in [0.05, 0.1) is 4.90 Å². The first-order valence-electron chi connectivity index (χ1n) is 8.84. The van der Waals surface area contributed by atoms with E-state index in [0.29, 0.717) is 5.56 Å². The van der Waals surface area contributed by atoms with Crippen LogP contribution in [0.4, 0.5) is 0 Å².